The van der Waals surface area contributed by atoms with Gasteiger partial charge in [-0.25, -0.2) is 14.8 Å². The van der Waals surface area contributed by atoms with E-state index in [1.165, 1.54) is 0 Å². The molecule has 0 N–H and O–H groups in total. The molecule has 2 aliphatic heterocycles. The van der Waals surface area contributed by atoms with Gasteiger partial charge in [-0.05, 0) is 31.0 Å². The number of benzene rings is 1. The lowest BCUT2D eigenvalue weighted by Crippen LogP contribution is -2.54. The van der Waals surface area contributed by atoms with E-state index in [1.54, 1.807) is 6.33 Å². The smallest absolute Gasteiger partial charge is 0.320 e. The summed E-state index contributed by atoms with van der Waals surface area (Å²) in [5.74, 6) is 0.943. The van der Waals surface area contributed by atoms with Crippen LogP contribution < -0.4 is 4.90 Å². The van der Waals surface area contributed by atoms with Crippen molar-refractivity contribution in [3.05, 3.63) is 29.0 Å². The molecule has 1 atom stereocenters. The lowest BCUT2D eigenvalue weighted by molar-refractivity contribution is 0.0414. The molecule has 0 saturated carbocycles. The van der Waals surface area contributed by atoms with E-state index in [2.05, 4.69) is 36.9 Å². The highest BCUT2D eigenvalue weighted by atomic mass is 79.9. The summed E-state index contributed by atoms with van der Waals surface area (Å²) in [6.45, 7) is 4.31. The number of amides is 2. The first-order valence-electron chi connectivity index (χ1n) is 9.38. The van der Waals surface area contributed by atoms with Gasteiger partial charge < -0.3 is 19.4 Å². The molecule has 4 rings (SSSR count). The number of aromatic nitrogens is 2. The zero-order chi connectivity index (χ0) is 18.8. The minimum Gasteiger partial charge on any atom is -0.378 e. The number of likely N-dealkylation sites (N-methyl/N-ethyl adjacent to an activating group) is 1. The molecule has 0 bridgehead atoms. The zero-order valence-corrected chi connectivity index (χ0v) is 17.1. The van der Waals surface area contributed by atoms with Gasteiger partial charge in [-0.2, -0.15) is 0 Å². The van der Waals surface area contributed by atoms with Crippen LogP contribution in [-0.2, 0) is 4.74 Å². The summed E-state index contributed by atoms with van der Waals surface area (Å²) >= 11 is 3.55. The van der Waals surface area contributed by atoms with E-state index in [-0.39, 0.29) is 12.1 Å². The largest absolute Gasteiger partial charge is 0.378 e. The van der Waals surface area contributed by atoms with Gasteiger partial charge >= 0.3 is 6.03 Å². The number of rotatable bonds is 2. The normalized spacial score (nSPS) is 20.7. The Morgan fingerprint density at radius 1 is 1.26 bits per heavy atom. The molecule has 2 aliphatic rings. The molecule has 2 saturated heterocycles. The first-order valence-corrected chi connectivity index (χ1v) is 10.2. The third kappa shape index (κ3) is 3.87. The number of ether oxygens (including phenoxy) is 1. The van der Waals surface area contributed by atoms with Crippen molar-refractivity contribution in [2.75, 3.05) is 51.3 Å². The minimum absolute atomic E-state index is 0.0976. The number of carbonyl (C=O) groups excluding carboxylic acids is 1. The SMILES string of the molecule is CN(C(=O)N1CCOCC1)C1CCCN(c2ncnc3ccc(Br)cc23)C1. The average molecular weight is 434 g/mol. The molecule has 1 aromatic heterocycles. The summed E-state index contributed by atoms with van der Waals surface area (Å²) in [7, 11) is 1.92. The topological polar surface area (TPSA) is 61.8 Å². The standard InChI is InChI=1S/C19H24BrN5O2/c1-23(19(26)24-7-9-27-10-8-24)15-3-2-6-25(12-15)18-16-11-14(20)4-5-17(16)21-13-22-18/h4-5,11,13,15H,2-3,6-10,12H2,1H3. The van der Waals surface area contributed by atoms with Crippen LogP contribution in [0.5, 0.6) is 0 Å². The fourth-order valence-corrected chi connectivity index (χ4v) is 4.23. The van der Waals surface area contributed by atoms with E-state index < -0.39 is 0 Å². The first-order chi connectivity index (χ1) is 13.1. The molecular formula is C19H24BrN5O2. The summed E-state index contributed by atoms with van der Waals surface area (Å²) in [6, 6.07) is 6.33. The summed E-state index contributed by atoms with van der Waals surface area (Å²) in [5, 5.41) is 1.04. The van der Waals surface area contributed by atoms with Crippen LogP contribution in [0.2, 0.25) is 0 Å². The maximum atomic E-state index is 12.8. The molecule has 7 nitrogen and oxygen atoms in total. The molecule has 0 aliphatic carbocycles. The Kier molecular flexibility index (Phi) is 5.45. The van der Waals surface area contributed by atoms with E-state index in [0.29, 0.717) is 26.3 Å². The number of fused-ring (bicyclic) bond motifs is 1. The fourth-order valence-electron chi connectivity index (χ4n) is 3.86. The number of anilines is 1. The molecule has 3 heterocycles. The molecule has 1 unspecified atom stereocenters. The molecule has 2 aromatic rings. The van der Waals surface area contributed by atoms with Crippen LogP contribution in [0, 0.1) is 0 Å². The van der Waals surface area contributed by atoms with Crippen LogP contribution in [0.1, 0.15) is 12.8 Å². The minimum atomic E-state index is 0.0976. The van der Waals surface area contributed by atoms with Crippen molar-refractivity contribution >= 4 is 38.7 Å². The van der Waals surface area contributed by atoms with Crippen LogP contribution in [-0.4, -0.2) is 78.3 Å². The number of morpholine rings is 1. The molecule has 144 valence electrons. The maximum Gasteiger partial charge on any atom is 0.320 e. The second-order valence-electron chi connectivity index (χ2n) is 7.09. The second-order valence-corrected chi connectivity index (χ2v) is 8.01. The third-order valence-corrected chi connectivity index (χ3v) is 5.90. The third-order valence-electron chi connectivity index (χ3n) is 5.40. The van der Waals surface area contributed by atoms with Crippen molar-refractivity contribution in [1.29, 1.82) is 0 Å². The molecule has 0 radical (unpaired) electrons. The number of nitrogens with zero attached hydrogens (tertiary/aromatic N) is 5. The van der Waals surface area contributed by atoms with Crippen LogP contribution in [0.4, 0.5) is 10.6 Å². The summed E-state index contributed by atoms with van der Waals surface area (Å²) in [4.78, 5) is 27.9. The van der Waals surface area contributed by atoms with E-state index in [1.807, 2.05) is 29.0 Å². The van der Waals surface area contributed by atoms with E-state index in [9.17, 15) is 4.79 Å². The van der Waals surface area contributed by atoms with Crippen LogP contribution in [0.25, 0.3) is 10.9 Å². The van der Waals surface area contributed by atoms with Gasteiger partial charge in [0.05, 0.1) is 24.8 Å². The van der Waals surface area contributed by atoms with Gasteiger partial charge in [0.2, 0.25) is 0 Å². The number of halogens is 1. The number of carbonyl (C=O) groups is 1. The van der Waals surface area contributed by atoms with Gasteiger partial charge in [-0.15, -0.1) is 0 Å². The predicted molar refractivity (Wildman–Crippen MR) is 108 cm³/mol. The van der Waals surface area contributed by atoms with Crippen molar-refractivity contribution < 1.29 is 9.53 Å². The second kappa shape index (κ2) is 7.98. The number of piperidine rings is 1. The summed E-state index contributed by atoms with van der Waals surface area (Å²) in [5.41, 5.74) is 0.933. The van der Waals surface area contributed by atoms with E-state index in [0.717, 1.165) is 47.1 Å². The number of hydrogen-bond donors (Lipinski definition) is 0. The maximum absolute atomic E-state index is 12.8. The molecule has 8 heteroatoms. The highest BCUT2D eigenvalue weighted by molar-refractivity contribution is 9.10. The van der Waals surface area contributed by atoms with E-state index >= 15 is 0 Å². The highest BCUT2D eigenvalue weighted by Crippen LogP contribution is 2.29. The van der Waals surface area contributed by atoms with Crippen molar-refractivity contribution in [2.24, 2.45) is 0 Å². The zero-order valence-electron chi connectivity index (χ0n) is 15.5. The van der Waals surface area contributed by atoms with Gasteiger partial charge in [-0.3, -0.25) is 0 Å². The van der Waals surface area contributed by atoms with Crippen molar-refractivity contribution in [1.82, 2.24) is 19.8 Å². The molecule has 2 fully saturated rings. The molecule has 27 heavy (non-hydrogen) atoms. The highest BCUT2D eigenvalue weighted by Gasteiger charge is 2.30. The fraction of sp³-hybridized carbons (Fsp3) is 0.526. The Balaban J connectivity index is 1.53. The van der Waals surface area contributed by atoms with Crippen molar-refractivity contribution in [3.63, 3.8) is 0 Å². The summed E-state index contributed by atoms with van der Waals surface area (Å²) in [6.07, 6.45) is 3.67. The first kappa shape index (κ1) is 18.4. The Morgan fingerprint density at radius 3 is 2.89 bits per heavy atom. The number of urea groups is 1. The van der Waals surface area contributed by atoms with Gasteiger partial charge in [0.15, 0.2) is 0 Å². The van der Waals surface area contributed by atoms with Crippen molar-refractivity contribution in [3.8, 4) is 0 Å². The van der Waals surface area contributed by atoms with Gasteiger partial charge in [0, 0.05) is 43.1 Å². The summed E-state index contributed by atoms with van der Waals surface area (Å²) < 4.78 is 6.38. The molecule has 0 spiro atoms. The quantitative estimate of drug-likeness (QED) is 0.728. The van der Waals surface area contributed by atoms with Crippen LogP contribution in [0.3, 0.4) is 0 Å². The molecular weight excluding hydrogens is 410 g/mol. The molecule has 2 amide bonds. The van der Waals surface area contributed by atoms with Crippen LogP contribution in [0.15, 0.2) is 29.0 Å². The lowest BCUT2D eigenvalue weighted by Gasteiger charge is -2.40. The Morgan fingerprint density at radius 2 is 2.07 bits per heavy atom. The lowest BCUT2D eigenvalue weighted by atomic mass is 10.0. The van der Waals surface area contributed by atoms with Gasteiger partial charge in [-0.1, -0.05) is 15.9 Å². The van der Waals surface area contributed by atoms with Gasteiger partial charge in [0.1, 0.15) is 12.1 Å². The van der Waals surface area contributed by atoms with Crippen LogP contribution >= 0.6 is 15.9 Å². The predicted octanol–water partition coefficient (Wildman–Crippen LogP) is 2.75. The Hall–Kier alpha value is -1.93. The van der Waals surface area contributed by atoms with Crippen molar-refractivity contribution in [2.45, 2.75) is 18.9 Å². The monoisotopic (exact) mass is 433 g/mol. The number of hydrogen-bond acceptors (Lipinski definition) is 5. The van der Waals surface area contributed by atoms with E-state index in [4.69, 9.17) is 4.74 Å². The van der Waals surface area contributed by atoms with Gasteiger partial charge in [0.25, 0.3) is 0 Å². The average Bonchev–Trinajstić information content (AvgIpc) is 2.73. The molecule has 1 aromatic carbocycles. The Labute approximate surface area is 167 Å². The Bertz CT molecular complexity index is 827.